The fraction of sp³-hybridized carbons (Fsp3) is 0.412. The third-order valence-corrected chi connectivity index (χ3v) is 4.35. The maximum absolute atomic E-state index is 12.7. The number of carbonyl (C=O) groups excluding carboxylic acids is 2. The van der Waals surface area contributed by atoms with Gasteiger partial charge in [-0.25, -0.2) is 18.2 Å². The zero-order valence-corrected chi connectivity index (χ0v) is 15.9. The number of ether oxygens (including phenoxy) is 2. The Labute approximate surface area is 148 Å². The number of alkyl carbamates (subject to hydrolysis) is 1. The van der Waals surface area contributed by atoms with Gasteiger partial charge in [-0.3, -0.25) is 5.32 Å². The molecule has 1 rings (SSSR count). The highest BCUT2D eigenvalue weighted by Gasteiger charge is 2.20. The summed E-state index contributed by atoms with van der Waals surface area (Å²) in [7, 11) is -2.78. The van der Waals surface area contributed by atoms with Crippen molar-refractivity contribution in [3.63, 3.8) is 0 Å². The van der Waals surface area contributed by atoms with Crippen LogP contribution in [0.5, 0.6) is 0 Å². The maximum Gasteiger partial charge on any atom is 0.412 e. The van der Waals surface area contributed by atoms with Crippen LogP contribution in [0.3, 0.4) is 0 Å². The van der Waals surface area contributed by atoms with Crippen LogP contribution in [-0.4, -0.2) is 34.7 Å². The van der Waals surface area contributed by atoms with E-state index in [0.717, 1.165) is 6.20 Å². The van der Waals surface area contributed by atoms with Gasteiger partial charge in [0.25, 0.3) is 0 Å². The summed E-state index contributed by atoms with van der Waals surface area (Å²) < 4.78 is 26.6. The van der Waals surface area contributed by atoms with Crippen molar-refractivity contribution in [3.8, 4) is 0 Å². The monoisotopic (exact) mass is 368 g/mol. The average Bonchev–Trinajstić information content (AvgIpc) is 2.50. The molecule has 0 fully saturated rings. The van der Waals surface area contributed by atoms with Crippen LogP contribution in [0.1, 0.15) is 27.7 Å². The first-order chi connectivity index (χ1) is 11.5. The smallest absolute Gasteiger partial charge is 0.412 e. The molecule has 8 heteroatoms. The van der Waals surface area contributed by atoms with E-state index in [9.17, 15) is 13.8 Å². The van der Waals surface area contributed by atoms with Gasteiger partial charge in [-0.05, 0) is 39.8 Å². The Balaban J connectivity index is 3.13. The van der Waals surface area contributed by atoms with Crippen molar-refractivity contribution in [2.45, 2.75) is 38.2 Å². The van der Waals surface area contributed by atoms with Gasteiger partial charge in [-0.2, -0.15) is 0 Å². The minimum Gasteiger partial charge on any atom is -0.461 e. The van der Waals surface area contributed by atoms with E-state index in [4.69, 9.17) is 9.47 Å². The van der Waals surface area contributed by atoms with Gasteiger partial charge in [0.05, 0.1) is 22.5 Å². The SMILES string of the molecule is CCOC(=O)/C(=C\N=S(C)(=O)c1ccccc1)NC(=O)OC(C)(C)C. The summed E-state index contributed by atoms with van der Waals surface area (Å²) in [6.07, 6.45) is 1.65. The maximum atomic E-state index is 12.7. The van der Waals surface area contributed by atoms with Gasteiger partial charge in [0.15, 0.2) is 0 Å². The van der Waals surface area contributed by atoms with E-state index in [1.807, 2.05) is 0 Å². The summed E-state index contributed by atoms with van der Waals surface area (Å²) in [6.45, 7) is 6.83. The van der Waals surface area contributed by atoms with Gasteiger partial charge in [-0.1, -0.05) is 18.2 Å². The minimum absolute atomic E-state index is 0.117. The van der Waals surface area contributed by atoms with Crippen LogP contribution < -0.4 is 5.32 Å². The van der Waals surface area contributed by atoms with Crippen molar-refractivity contribution in [1.82, 2.24) is 5.32 Å². The van der Waals surface area contributed by atoms with Crippen molar-refractivity contribution >= 4 is 21.8 Å². The molecule has 1 atom stereocenters. The van der Waals surface area contributed by atoms with E-state index >= 15 is 0 Å². The van der Waals surface area contributed by atoms with Crippen LogP contribution in [0.4, 0.5) is 4.79 Å². The van der Waals surface area contributed by atoms with Crippen molar-refractivity contribution in [3.05, 3.63) is 42.2 Å². The summed E-state index contributed by atoms with van der Waals surface area (Å²) >= 11 is 0. The Morgan fingerprint density at radius 1 is 1.24 bits per heavy atom. The van der Waals surface area contributed by atoms with Gasteiger partial charge in [0, 0.05) is 11.2 Å². The van der Waals surface area contributed by atoms with Gasteiger partial charge in [0.1, 0.15) is 11.3 Å². The standard InChI is InChI=1S/C17H24N2O5S/c1-6-23-15(20)14(19-16(21)24-17(2,3)4)12-18-25(5,22)13-10-8-7-9-11-13/h7-12H,6H2,1-5H3,(H,19,21)/b14-12+. The normalized spacial score (nSPS) is 14.2. The van der Waals surface area contributed by atoms with E-state index in [0.29, 0.717) is 4.90 Å². The molecule has 1 unspecified atom stereocenters. The van der Waals surface area contributed by atoms with E-state index in [2.05, 4.69) is 9.68 Å². The van der Waals surface area contributed by atoms with Crippen LogP contribution >= 0.6 is 0 Å². The zero-order chi connectivity index (χ0) is 19.1. The van der Waals surface area contributed by atoms with Crippen LogP contribution in [0, 0.1) is 0 Å². The van der Waals surface area contributed by atoms with Gasteiger partial charge < -0.3 is 9.47 Å². The lowest BCUT2D eigenvalue weighted by Crippen LogP contribution is -2.34. The molecule has 7 nitrogen and oxygen atoms in total. The Morgan fingerprint density at radius 2 is 1.84 bits per heavy atom. The molecule has 1 amide bonds. The first kappa shape index (κ1) is 20.7. The van der Waals surface area contributed by atoms with E-state index in [1.54, 1.807) is 58.0 Å². The molecule has 0 saturated carbocycles. The van der Waals surface area contributed by atoms with Gasteiger partial charge in [-0.15, -0.1) is 0 Å². The lowest BCUT2D eigenvalue weighted by molar-refractivity contribution is -0.139. The number of nitrogens with zero attached hydrogens (tertiary/aromatic N) is 1. The predicted octanol–water partition coefficient (Wildman–Crippen LogP) is 3.07. The highest BCUT2D eigenvalue weighted by Crippen LogP contribution is 2.12. The summed E-state index contributed by atoms with van der Waals surface area (Å²) in [5, 5.41) is 2.29. The van der Waals surface area contributed by atoms with Crippen molar-refractivity contribution in [2.24, 2.45) is 4.36 Å². The number of amides is 1. The molecule has 0 radical (unpaired) electrons. The minimum atomic E-state index is -2.78. The summed E-state index contributed by atoms with van der Waals surface area (Å²) in [6, 6.07) is 8.62. The van der Waals surface area contributed by atoms with Crippen LogP contribution in [0.15, 0.2) is 51.5 Å². The molecule has 0 aliphatic carbocycles. The quantitative estimate of drug-likeness (QED) is 0.637. The Bertz CT molecular complexity index is 757. The molecular weight excluding hydrogens is 344 g/mol. The Morgan fingerprint density at radius 3 is 2.36 bits per heavy atom. The molecule has 1 N–H and O–H groups in total. The predicted molar refractivity (Wildman–Crippen MR) is 95.3 cm³/mol. The summed E-state index contributed by atoms with van der Waals surface area (Å²) in [5.41, 5.74) is -0.981. The number of hydrogen-bond acceptors (Lipinski definition) is 6. The Hall–Kier alpha value is -2.35. The largest absolute Gasteiger partial charge is 0.461 e. The second kappa shape index (κ2) is 8.66. The van der Waals surface area contributed by atoms with Crippen LogP contribution in [0.25, 0.3) is 0 Å². The summed E-state index contributed by atoms with van der Waals surface area (Å²) in [4.78, 5) is 24.4. The lowest BCUT2D eigenvalue weighted by atomic mass is 10.2. The van der Waals surface area contributed by atoms with Gasteiger partial charge in [0.2, 0.25) is 0 Å². The molecule has 0 aromatic heterocycles. The fourth-order valence-electron chi connectivity index (χ4n) is 1.65. The third kappa shape index (κ3) is 7.38. The Kier molecular flexibility index (Phi) is 7.17. The van der Waals surface area contributed by atoms with Crippen LogP contribution in [-0.2, 0) is 24.0 Å². The van der Waals surface area contributed by atoms with E-state index in [-0.39, 0.29) is 12.3 Å². The van der Waals surface area contributed by atoms with E-state index in [1.165, 1.54) is 6.26 Å². The number of carbonyl (C=O) groups is 2. The first-order valence-electron chi connectivity index (χ1n) is 7.69. The van der Waals surface area contributed by atoms with Crippen LogP contribution in [0.2, 0.25) is 0 Å². The fourth-order valence-corrected chi connectivity index (χ4v) is 2.74. The zero-order valence-electron chi connectivity index (χ0n) is 15.1. The second-order valence-corrected chi connectivity index (χ2v) is 8.40. The second-order valence-electron chi connectivity index (χ2n) is 6.11. The van der Waals surface area contributed by atoms with E-state index < -0.39 is 27.4 Å². The molecular formula is C17H24N2O5S. The molecule has 1 aromatic carbocycles. The van der Waals surface area contributed by atoms with Gasteiger partial charge >= 0.3 is 12.1 Å². The number of benzene rings is 1. The number of rotatable bonds is 5. The molecule has 0 saturated heterocycles. The molecule has 0 bridgehead atoms. The molecule has 0 spiro atoms. The number of nitrogens with one attached hydrogen (secondary N) is 1. The highest BCUT2D eigenvalue weighted by atomic mass is 32.2. The molecule has 1 aromatic rings. The molecule has 0 aliphatic heterocycles. The van der Waals surface area contributed by atoms with Crippen molar-refractivity contribution in [2.75, 3.05) is 12.9 Å². The topological polar surface area (TPSA) is 94.1 Å². The molecule has 0 aliphatic rings. The molecule has 138 valence electrons. The number of hydrogen-bond donors (Lipinski definition) is 1. The molecule has 25 heavy (non-hydrogen) atoms. The van der Waals surface area contributed by atoms with Crippen molar-refractivity contribution < 1.29 is 23.3 Å². The van der Waals surface area contributed by atoms with Crippen molar-refractivity contribution in [1.29, 1.82) is 0 Å². The summed E-state index contributed by atoms with van der Waals surface area (Å²) in [5.74, 6) is -0.791. The third-order valence-electron chi connectivity index (χ3n) is 2.69. The first-order valence-corrected chi connectivity index (χ1v) is 9.61. The lowest BCUT2D eigenvalue weighted by Gasteiger charge is -2.20. The number of esters is 1. The average molecular weight is 368 g/mol. The highest BCUT2D eigenvalue weighted by molar-refractivity contribution is 7.93. The molecule has 0 heterocycles.